The predicted octanol–water partition coefficient (Wildman–Crippen LogP) is 2.28. The van der Waals surface area contributed by atoms with E-state index < -0.39 is 12.5 Å². The number of thiocarbonyl (C=S) groups is 1. The number of hydrogen-bond acceptors (Lipinski definition) is 4. The van der Waals surface area contributed by atoms with Gasteiger partial charge < -0.3 is 5.11 Å². The summed E-state index contributed by atoms with van der Waals surface area (Å²) in [6.07, 6.45) is 1.75. The number of carboxylic acids is 1. The van der Waals surface area contributed by atoms with E-state index in [9.17, 15) is 9.59 Å². The van der Waals surface area contributed by atoms with Gasteiger partial charge in [0.15, 0.2) is 0 Å². The Hall–Kier alpha value is -1.66. The van der Waals surface area contributed by atoms with Crippen LogP contribution < -0.4 is 0 Å². The van der Waals surface area contributed by atoms with Gasteiger partial charge in [-0.25, -0.2) is 0 Å². The predicted molar refractivity (Wildman–Crippen MR) is 78.7 cm³/mol. The highest BCUT2D eigenvalue weighted by Crippen LogP contribution is 2.32. The number of aryl methyl sites for hydroxylation is 1. The highest BCUT2D eigenvalue weighted by Gasteiger charge is 2.33. The number of nitrogens with zero attached hydrogens (tertiary/aromatic N) is 1. The number of rotatable bonds is 3. The van der Waals surface area contributed by atoms with Crippen LogP contribution in [0.3, 0.4) is 0 Å². The average Bonchev–Trinajstić information content (AvgIpc) is 2.60. The lowest BCUT2D eigenvalue weighted by Gasteiger charge is -2.10. The molecule has 2 rings (SSSR count). The Kier molecular flexibility index (Phi) is 4.01. The summed E-state index contributed by atoms with van der Waals surface area (Å²) in [7, 11) is 0. The van der Waals surface area contributed by atoms with Crippen molar-refractivity contribution >= 4 is 46.3 Å². The van der Waals surface area contributed by atoms with Crippen molar-refractivity contribution in [1.82, 2.24) is 4.90 Å². The molecule has 0 atom stereocenters. The maximum absolute atomic E-state index is 12.1. The zero-order chi connectivity index (χ0) is 14.0. The molecular formula is C13H11NO3S2. The molecule has 6 heteroatoms. The van der Waals surface area contributed by atoms with Gasteiger partial charge in [0.05, 0.1) is 4.91 Å². The second-order valence-corrected chi connectivity index (χ2v) is 5.69. The Labute approximate surface area is 120 Å². The lowest BCUT2D eigenvalue weighted by molar-refractivity contribution is -0.140. The molecule has 0 radical (unpaired) electrons. The van der Waals surface area contributed by atoms with Crippen LogP contribution in [0.15, 0.2) is 29.2 Å². The van der Waals surface area contributed by atoms with Crippen LogP contribution in [0.5, 0.6) is 0 Å². The molecule has 0 saturated carbocycles. The van der Waals surface area contributed by atoms with Crippen molar-refractivity contribution in [3.8, 4) is 0 Å². The number of carboxylic acid groups (broad SMARTS) is 1. The highest BCUT2D eigenvalue weighted by atomic mass is 32.2. The molecule has 19 heavy (non-hydrogen) atoms. The molecule has 1 fully saturated rings. The van der Waals surface area contributed by atoms with E-state index in [4.69, 9.17) is 17.3 Å². The quantitative estimate of drug-likeness (QED) is 0.684. The second-order valence-electron chi connectivity index (χ2n) is 4.02. The first-order valence-electron chi connectivity index (χ1n) is 5.52. The SMILES string of the molecule is Cc1ccccc1/C=C1/SC(=S)N(CC(=O)O)C1=O. The molecule has 1 aromatic rings. The molecule has 1 heterocycles. The summed E-state index contributed by atoms with van der Waals surface area (Å²) >= 11 is 6.16. The smallest absolute Gasteiger partial charge is 0.323 e. The summed E-state index contributed by atoms with van der Waals surface area (Å²) in [6.45, 7) is 1.56. The molecule has 98 valence electrons. The van der Waals surface area contributed by atoms with E-state index in [2.05, 4.69) is 0 Å². The molecule has 1 N–H and O–H groups in total. The molecule has 1 aliphatic heterocycles. The minimum atomic E-state index is -1.08. The van der Waals surface area contributed by atoms with Crippen LogP contribution >= 0.6 is 24.0 Å². The average molecular weight is 293 g/mol. The van der Waals surface area contributed by atoms with E-state index in [1.54, 1.807) is 6.08 Å². The number of aliphatic carboxylic acids is 1. The van der Waals surface area contributed by atoms with E-state index in [1.807, 2.05) is 31.2 Å². The topological polar surface area (TPSA) is 57.6 Å². The van der Waals surface area contributed by atoms with Crippen LogP contribution in [0.2, 0.25) is 0 Å². The van der Waals surface area contributed by atoms with Crippen molar-refractivity contribution < 1.29 is 14.7 Å². The summed E-state index contributed by atoms with van der Waals surface area (Å²) < 4.78 is 0.284. The van der Waals surface area contributed by atoms with Gasteiger partial charge in [-0.2, -0.15) is 0 Å². The van der Waals surface area contributed by atoms with Gasteiger partial charge in [-0.1, -0.05) is 48.2 Å². The summed E-state index contributed by atoms with van der Waals surface area (Å²) in [4.78, 5) is 24.3. The third kappa shape index (κ3) is 3.02. The number of carbonyl (C=O) groups is 2. The Bertz CT molecular complexity index is 595. The molecule has 4 nitrogen and oxygen atoms in total. The van der Waals surface area contributed by atoms with Gasteiger partial charge in [0.1, 0.15) is 10.9 Å². The van der Waals surface area contributed by atoms with Crippen molar-refractivity contribution in [1.29, 1.82) is 0 Å². The Morgan fingerprint density at radius 1 is 1.47 bits per heavy atom. The van der Waals surface area contributed by atoms with Crippen LogP contribution in [0.4, 0.5) is 0 Å². The first-order chi connectivity index (χ1) is 8.99. The number of carbonyl (C=O) groups excluding carboxylic acids is 1. The fraction of sp³-hybridized carbons (Fsp3) is 0.154. The molecule has 0 aromatic heterocycles. The van der Waals surface area contributed by atoms with Gasteiger partial charge in [0.25, 0.3) is 5.91 Å². The lowest BCUT2D eigenvalue weighted by atomic mass is 10.1. The summed E-state index contributed by atoms with van der Waals surface area (Å²) in [5.74, 6) is -1.42. The third-order valence-electron chi connectivity index (χ3n) is 2.64. The first kappa shape index (κ1) is 13.8. The van der Waals surface area contributed by atoms with Crippen molar-refractivity contribution in [3.05, 3.63) is 40.3 Å². The second kappa shape index (κ2) is 5.54. The number of thioether (sulfide) groups is 1. The minimum Gasteiger partial charge on any atom is -0.480 e. The molecule has 0 spiro atoms. The van der Waals surface area contributed by atoms with Gasteiger partial charge >= 0.3 is 5.97 Å². The standard InChI is InChI=1S/C13H11NO3S2/c1-8-4-2-3-5-9(8)6-10-12(17)14(7-11(15)16)13(18)19-10/h2-6H,7H2,1H3,(H,15,16)/b10-6+. The zero-order valence-electron chi connectivity index (χ0n) is 10.1. The maximum Gasteiger partial charge on any atom is 0.323 e. The Balaban J connectivity index is 2.28. The van der Waals surface area contributed by atoms with Gasteiger partial charge in [0.2, 0.25) is 0 Å². The van der Waals surface area contributed by atoms with Gasteiger partial charge in [0, 0.05) is 0 Å². The fourth-order valence-corrected chi connectivity index (χ4v) is 2.91. The molecule has 1 saturated heterocycles. The van der Waals surface area contributed by atoms with Gasteiger partial charge in [-0.15, -0.1) is 0 Å². The van der Waals surface area contributed by atoms with Crippen LogP contribution in [0.25, 0.3) is 6.08 Å². The summed E-state index contributed by atoms with van der Waals surface area (Å²) in [5, 5.41) is 8.75. The first-order valence-corrected chi connectivity index (χ1v) is 6.74. The number of benzene rings is 1. The zero-order valence-corrected chi connectivity index (χ0v) is 11.8. The molecule has 1 aliphatic rings. The van der Waals surface area contributed by atoms with Gasteiger partial charge in [-0.3, -0.25) is 14.5 Å². The Morgan fingerprint density at radius 2 is 2.16 bits per heavy atom. The largest absolute Gasteiger partial charge is 0.480 e. The molecular weight excluding hydrogens is 282 g/mol. The fourth-order valence-electron chi connectivity index (χ4n) is 1.66. The van der Waals surface area contributed by atoms with Gasteiger partial charge in [-0.05, 0) is 24.1 Å². The van der Waals surface area contributed by atoms with Crippen LogP contribution in [-0.2, 0) is 9.59 Å². The van der Waals surface area contributed by atoms with Crippen molar-refractivity contribution in [2.75, 3.05) is 6.54 Å². The molecule has 0 bridgehead atoms. The van der Waals surface area contributed by atoms with E-state index >= 15 is 0 Å². The Morgan fingerprint density at radius 3 is 2.79 bits per heavy atom. The summed E-state index contributed by atoms with van der Waals surface area (Å²) in [5.41, 5.74) is 1.98. The minimum absolute atomic E-state index is 0.284. The molecule has 1 aromatic carbocycles. The molecule has 0 unspecified atom stereocenters. The number of hydrogen-bond donors (Lipinski definition) is 1. The van der Waals surface area contributed by atoms with Crippen LogP contribution in [0, 0.1) is 6.92 Å². The summed E-state index contributed by atoms with van der Waals surface area (Å²) in [6, 6.07) is 7.65. The normalized spacial score (nSPS) is 17.3. The number of amides is 1. The van der Waals surface area contributed by atoms with E-state index in [-0.39, 0.29) is 10.2 Å². The van der Waals surface area contributed by atoms with Crippen LogP contribution in [0.1, 0.15) is 11.1 Å². The lowest BCUT2D eigenvalue weighted by Crippen LogP contribution is -2.33. The van der Waals surface area contributed by atoms with Crippen molar-refractivity contribution in [2.24, 2.45) is 0 Å². The molecule has 1 amide bonds. The highest BCUT2D eigenvalue weighted by molar-refractivity contribution is 8.26. The van der Waals surface area contributed by atoms with Crippen LogP contribution in [-0.4, -0.2) is 32.7 Å². The van der Waals surface area contributed by atoms with Crippen molar-refractivity contribution in [3.63, 3.8) is 0 Å². The van der Waals surface area contributed by atoms with E-state index in [0.717, 1.165) is 27.8 Å². The van der Waals surface area contributed by atoms with E-state index in [0.29, 0.717) is 4.91 Å². The van der Waals surface area contributed by atoms with Crippen molar-refractivity contribution in [2.45, 2.75) is 6.92 Å². The third-order valence-corrected chi connectivity index (χ3v) is 4.02. The molecule has 0 aliphatic carbocycles. The monoisotopic (exact) mass is 293 g/mol. The van der Waals surface area contributed by atoms with E-state index in [1.165, 1.54) is 0 Å². The maximum atomic E-state index is 12.1.